The molecule has 2 N–H and O–H groups in total. The topological polar surface area (TPSA) is 88.5 Å². The number of pyridine rings is 1. The lowest BCUT2D eigenvalue weighted by Gasteiger charge is -2.21. The monoisotopic (exact) mass is 490 g/mol. The van der Waals surface area contributed by atoms with E-state index in [2.05, 4.69) is 70.4 Å². The van der Waals surface area contributed by atoms with Crippen LogP contribution in [-0.2, 0) is 18.0 Å². The number of rotatable bonds is 5. The van der Waals surface area contributed by atoms with E-state index in [0.29, 0.717) is 11.2 Å². The van der Waals surface area contributed by atoms with Crippen molar-refractivity contribution in [1.82, 2.24) is 30.0 Å². The Kier molecular flexibility index (Phi) is 5.26. The van der Waals surface area contributed by atoms with Crippen LogP contribution in [0.1, 0.15) is 55.1 Å². The van der Waals surface area contributed by atoms with Crippen LogP contribution >= 0.6 is 0 Å². The molecular formula is C30H30N6O. The quantitative estimate of drug-likeness (QED) is 0.329. The van der Waals surface area contributed by atoms with E-state index in [4.69, 9.17) is 0 Å². The van der Waals surface area contributed by atoms with Crippen molar-refractivity contribution in [2.24, 2.45) is 7.05 Å². The summed E-state index contributed by atoms with van der Waals surface area (Å²) >= 11 is 0. The highest BCUT2D eigenvalue weighted by Crippen LogP contribution is 2.46. The van der Waals surface area contributed by atoms with Gasteiger partial charge in [0.1, 0.15) is 5.82 Å². The van der Waals surface area contributed by atoms with Crippen LogP contribution in [-0.4, -0.2) is 30.6 Å². The molecule has 7 nitrogen and oxygen atoms in total. The fraction of sp³-hybridized carbons (Fsp3) is 0.267. The zero-order chi connectivity index (χ0) is 25.8. The summed E-state index contributed by atoms with van der Waals surface area (Å²) in [5.41, 5.74) is 7.38. The standard InChI is InChI=1S/C30H30N6O/c1-29(2,3)22-9-7-20(8-10-22)28(37)35-30(14-15-30)23-11-5-19(6-12-23)24-13-16-31-27-25(24)33-26(34-27)21-17-32-36(4)18-21/h5-13,16-18H,14-15H2,1-4H3,(H,35,37)(H,31,33,34). The Morgan fingerprint density at radius 3 is 2.35 bits per heavy atom. The van der Waals surface area contributed by atoms with Crippen LogP contribution in [0.2, 0.25) is 0 Å². The van der Waals surface area contributed by atoms with Gasteiger partial charge in [-0.15, -0.1) is 0 Å². The smallest absolute Gasteiger partial charge is 0.251 e. The van der Waals surface area contributed by atoms with E-state index in [1.165, 1.54) is 5.56 Å². The summed E-state index contributed by atoms with van der Waals surface area (Å²) in [4.78, 5) is 25.6. The zero-order valence-corrected chi connectivity index (χ0v) is 21.5. The molecule has 0 spiro atoms. The Morgan fingerprint density at radius 1 is 1.00 bits per heavy atom. The van der Waals surface area contributed by atoms with Gasteiger partial charge in [0.2, 0.25) is 0 Å². The van der Waals surface area contributed by atoms with Crippen LogP contribution in [0.5, 0.6) is 0 Å². The summed E-state index contributed by atoms with van der Waals surface area (Å²) in [5.74, 6) is 0.716. The molecule has 0 aliphatic heterocycles. The van der Waals surface area contributed by atoms with Crippen LogP contribution in [0.15, 0.2) is 73.2 Å². The van der Waals surface area contributed by atoms with Gasteiger partial charge >= 0.3 is 0 Å². The molecular weight excluding hydrogens is 460 g/mol. The van der Waals surface area contributed by atoms with Crippen molar-refractivity contribution in [3.63, 3.8) is 0 Å². The number of imidazole rings is 1. The summed E-state index contributed by atoms with van der Waals surface area (Å²) in [6.45, 7) is 6.52. The summed E-state index contributed by atoms with van der Waals surface area (Å²) in [7, 11) is 1.88. The highest BCUT2D eigenvalue weighted by Gasteiger charge is 2.45. The molecule has 1 fully saturated rings. The molecule has 3 aromatic heterocycles. The summed E-state index contributed by atoms with van der Waals surface area (Å²) in [6.07, 6.45) is 7.37. The first-order valence-electron chi connectivity index (χ1n) is 12.6. The molecule has 2 aromatic carbocycles. The van der Waals surface area contributed by atoms with Crippen LogP contribution in [0.3, 0.4) is 0 Å². The highest BCUT2D eigenvalue weighted by molar-refractivity contribution is 5.95. The Morgan fingerprint density at radius 2 is 1.73 bits per heavy atom. The van der Waals surface area contributed by atoms with Crippen molar-refractivity contribution in [2.75, 3.05) is 0 Å². The molecule has 1 aliphatic carbocycles. The Balaban J connectivity index is 1.24. The second-order valence-electron chi connectivity index (χ2n) is 11.0. The number of carbonyl (C=O) groups excluding carboxylic acids is 1. The fourth-order valence-corrected chi connectivity index (χ4v) is 4.82. The first-order valence-corrected chi connectivity index (χ1v) is 12.6. The van der Waals surface area contributed by atoms with Gasteiger partial charge in [0.05, 0.1) is 22.8 Å². The molecule has 0 atom stereocenters. The Hall–Kier alpha value is -4.26. The van der Waals surface area contributed by atoms with Crippen molar-refractivity contribution >= 4 is 17.1 Å². The lowest BCUT2D eigenvalue weighted by Crippen LogP contribution is -2.34. The number of aromatic nitrogens is 5. The van der Waals surface area contributed by atoms with Crippen molar-refractivity contribution in [3.8, 4) is 22.5 Å². The molecule has 0 radical (unpaired) electrons. The number of fused-ring (bicyclic) bond motifs is 1. The molecule has 1 saturated carbocycles. The number of hydrogen-bond donors (Lipinski definition) is 2. The van der Waals surface area contributed by atoms with Crippen molar-refractivity contribution in [1.29, 1.82) is 0 Å². The Labute approximate surface area is 216 Å². The number of aryl methyl sites for hydroxylation is 1. The van der Waals surface area contributed by atoms with Gasteiger partial charge in [-0.3, -0.25) is 9.48 Å². The molecule has 3 heterocycles. The summed E-state index contributed by atoms with van der Waals surface area (Å²) < 4.78 is 1.75. The highest BCUT2D eigenvalue weighted by atomic mass is 16.1. The third-order valence-corrected chi connectivity index (χ3v) is 7.23. The maximum absolute atomic E-state index is 13.1. The van der Waals surface area contributed by atoms with Gasteiger partial charge in [0.25, 0.3) is 5.91 Å². The predicted octanol–water partition coefficient (Wildman–Crippen LogP) is 5.74. The molecule has 0 bridgehead atoms. The van der Waals surface area contributed by atoms with E-state index < -0.39 is 0 Å². The number of aromatic amines is 1. The third kappa shape index (κ3) is 4.31. The summed E-state index contributed by atoms with van der Waals surface area (Å²) in [6, 6.07) is 18.4. The van der Waals surface area contributed by atoms with E-state index in [1.54, 1.807) is 17.1 Å². The van der Waals surface area contributed by atoms with Gasteiger partial charge in [0.15, 0.2) is 5.65 Å². The molecule has 7 heteroatoms. The van der Waals surface area contributed by atoms with Gasteiger partial charge in [-0.05, 0) is 53.1 Å². The van der Waals surface area contributed by atoms with Crippen LogP contribution in [0.25, 0.3) is 33.7 Å². The lowest BCUT2D eigenvalue weighted by atomic mass is 9.86. The van der Waals surface area contributed by atoms with Gasteiger partial charge in [-0.2, -0.15) is 5.10 Å². The molecule has 0 unspecified atom stereocenters. The Bertz CT molecular complexity index is 1600. The second kappa shape index (κ2) is 8.40. The lowest BCUT2D eigenvalue weighted by molar-refractivity contribution is 0.0930. The molecule has 1 aliphatic rings. The number of nitrogens with zero attached hydrogens (tertiary/aromatic N) is 4. The zero-order valence-electron chi connectivity index (χ0n) is 21.5. The molecule has 186 valence electrons. The van der Waals surface area contributed by atoms with E-state index >= 15 is 0 Å². The largest absolute Gasteiger partial charge is 0.343 e. The van der Waals surface area contributed by atoms with E-state index in [-0.39, 0.29) is 16.9 Å². The number of hydrogen-bond acceptors (Lipinski definition) is 4. The number of H-pyrrole nitrogens is 1. The molecule has 1 amide bonds. The van der Waals surface area contributed by atoms with E-state index in [1.807, 2.05) is 43.6 Å². The minimum absolute atomic E-state index is 0.0294. The van der Waals surface area contributed by atoms with E-state index in [0.717, 1.165) is 46.4 Å². The number of carbonyl (C=O) groups is 1. The molecule has 37 heavy (non-hydrogen) atoms. The maximum Gasteiger partial charge on any atom is 0.251 e. The molecule has 5 aromatic rings. The van der Waals surface area contributed by atoms with Crippen LogP contribution < -0.4 is 5.32 Å². The summed E-state index contributed by atoms with van der Waals surface area (Å²) in [5, 5.41) is 7.54. The number of benzene rings is 2. The van der Waals surface area contributed by atoms with Crippen molar-refractivity contribution < 1.29 is 4.79 Å². The number of amides is 1. The average Bonchev–Trinajstić information content (AvgIpc) is 3.31. The maximum atomic E-state index is 13.1. The first kappa shape index (κ1) is 23.2. The molecule has 6 rings (SSSR count). The van der Waals surface area contributed by atoms with Crippen molar-refractivity contribution in [3.05, 3.63) is 89.9 Å². The van der Waals surface area contributed by atoms with Gasteiger partial charge in [0, 0.05) is 30.6 Å². The van der Waals surface area contributed by atoms with Crippen LogP contribution in [0, 0.1) is 0 Å². The minimum Gasteiger partial charge on any atom is -0.343 e. The fourth-order valence-electron chi connectivity index (χ4n) is 4.82. The third-order valence-electron chi connectivity index (χ3n) is 7.23. The number of nitrogens with one attached hydrogen (secondary N) is 2. The normalized spacial score (nSPS) is 14.6. The first-order chi connectivity index (χ1) is 17.7. The van der Waals surface area contributed by atoms with Gasteiger partial charge < -0.3 is 10.3 Å². The van der Waals surface area contributed by atoms with Gasteiger partial charge in [-0.1, -0.05) is 57.2 Å². The average molecular weight is 491 g/mol. The van der Waals surface area contributed by atoms with E-state index in [9.17, 15) is 4.79 Å². The molecule has 0 saturated heterocycles. The SMILES string of the molecule is Cn1cc(-c2nc3nccc(-c4ccc(C5(NC(=O)c6ccc(C(C)(C)C)cc6)CC5)cc4)c3[nH]2)cn1. The minimum atomic E-state index is -0.298. The van der Waals surface area contributed by atoms with Crippen LogP contribution in [0.4, 0.5) is 0 Å². The van der Waals surface area contributed by atoms with Gasteiger partial charge in [-0.25, -0.2) is 9.97 Å². The second-order valence-corrected chi connectivity index (χ2v) is 11.0. The predicted molar refractivity (Wildman–Crippen MR) is 145 cm³/mol. The van der Waals surface area contributed by atoms with Crippen molar-refractivity contribution in [2.45, 2.75) is 44.6 Å².